The standard InChI is InChI=1S/C24H28N4O4S/c1-7-10-28-23(17-12-19(30-4)22(32-6)20(13-17)31-5)26-27-24(28)33-14-21(29)25-18-9-8-15(2)11-16(18)3/h7-9,11-13H,1,10,14H2,2-6H3,(H,25,29). The summed E-state index contributed by atoms with van der Waals surface area (Å²) >= 11 is 1.31. The van der Waals surface area contributed by atoms with Crippen LogP contribution in [0.5, 0.6) is 17.2 Å². The van der Waals surface area contributed by atoms with Crippen molar-refractivity contribution >= 4 is 23.4 Å². The van der Waals surface area contributed by atoms with Crippen LogP contribution in [0.15, 0.2) is 48.1 Å². The zero-order valence-corrected chi connectivity index (χ0v) is 20.3. The Bertz CT molecular complexity index is 1130. The number of aryl methyl sites for hydroxylation is 2. The number of methoxy groups -OCH3 is 3. The van der Waals surface area contributed by atoms with E-state index in [0.717, 1.165) is 22.4 Å². The Morgan fingerprint density at radius 2 is 1.79 bits per heavy atom. The van der Waals surface area contributed by atoms with E-state index in [1.807, 2.05) is 48.7 Å². The van der Waals surface area contributed by atoms with Crippen molar-refractivity contribution in [3.05, 3.63) is 54.1 Å². The number of hydrogen-bond acceptors (Lipinski definition) is 7. The van der Waals surface area contributed by atoms with Crippen LogP contribution >= 0.6 is 11.8 Å². The highest BCUT2D eigenvalue weighted by molar-refractivity contribution is 7.99. The largest absolute Gasteiger partial charge is 0.493 e. The maximum atomic E-state index is 12.5. The molecule has 0 saturated heterocycles. The number of ether oxygens (including phenoxy) is 3. The van der Waals surface area contributed by atoms with Gasteiger partial charge in [0.05, 0.1) is 27.1 Å². The van der Waals surface area contributed by atoms with Crippen LogP contribution < -0.4 is 19.5 Å². The number of nitrogens with one attached hydrogen (secondary N) is 1. The Labute approximate surface area is 198 Å². The van der Waals surface area contributed by atoms with Crippen molar-refractivity contribution in [1.82, 2.24) is 14.8 Å². The number of nitrogens with zero attached hydrogens (tertiary/aromatic N) is 3. The fraction of sp³-hybridized carbons (Fsp3) is 0.292. The molecule has 0 aliphatic heterocycles. The molecule has 3 rings (SSSR count). The molecule has 0 unspecified atom stereocenters. The summed E-state index contributed by atoms with van der Waals surface area (Å²) in [6.07, 6.45) is 1.75. The molecule has 0 aliphatic rings. The van der Waals surface area contributed by atoms with Crippen LogP contribution in [-0.2, 0) is 11.3 Å². The normalized spacial score (nSPS) is 10.6. The Hall–Kier alpha value is -3.46. The van der Waals surface area contributed by atoms with E-state index in [1.54, 1.807) is 27.4 Å². The molecule has 0 atom stereocenters. The highest BCUT2D eigenvalue weighted by atomic mass is 32.2. The zero-order valence-electron chi connectivity index (χ0n) is 19.5. The van der Waals surface area contributed by atoms with E-state index in [9.17, 15) is 4.79 Å². The van der Waals surface area contributed by atoms with Crippen molar-refractivity contribution < 1.29 is 19.0 Å². The Balaban J connectivity index is 1.84. The summed E-state index contributed by atoms with van der Waals surface area (Å²) in [4.78, 5) is 12.5. The fourth-order valence-corrected chi connectivity index (χ4v) is 4.13. The molecule has 1 heterocycles. The van der Waals surface area contributed by atoms with Crippen LogP contribution in [0.2, 0.25) is 0 Å². The fourth-order valence-electron chi connectivity index (χ4n) is 3.38. The minimum atomic E-state index is -0.116. The molecule has 33 heavy (non-hydrogen) atoms. The topological polar surface area (TPSA) is 87.5 Å². The average Bonchev–Trinajstić information content (AvgIpc) is 3.21. The maximum absolute atomic E-state index is 12.5. The molecule has 0 radical (unpaired) electrons. The van der Waals surface area contributed by atoms with E-state index in [2.05, 4.69) is 22.1 Å². The number of amides is 1. The van der Waals surface area contributed by atoms with Crippen molar-refractivity contribution in [3.63, 3.8) is 0 Å². The first kappa shape index (κ1) is 24.2. The van der Waals surface area contributed by atoms with Crippen molar-refractivity contribution in [3.8, 4) is 28.6 Å². The second-order valence-corrected chi connectivity index (χ2v) is 8.22. The third kappa shape index (κ3) is 5.48. The molecule has 2 aromatic carbocycles. The summed E-state index contributed by atoms with van der Waals surface area (Å²) in [5.74, 6) is 2.21. The van der Waals surface area contributed by atoms with Gasteiger partial charge in [-0.3, -0.25) is 9.36 Å². The van der Waals surface area contributed by atoms with Crippen molar-refractivity contribution in [2.45, 2.75) is 25.5 Å². The summed E-state index contributed by atoms with van der Waals surface area (Å²) in [5, 5.41) is 12.2. The van der Waals surface area contributed by atoms with Crippen LogP contribution in [0, 0.1) is 13.8 Å². The van der Waals surface area contributed by atoms with Gasteiger partial charge in [-0.2, -0.15) is 0 Å². The first-order valence-corrected chi connectivity index (χ1v) is 11.2. The molecule has 0 fully saturated rings. The van der Waals surface area contributed by atoms with Gasteiger partial charge in [-0.15, -0.1) is 16.8 Å². The molecule has 1 amide bonds. The van der Waals surface area contributed by atoms with Crippen molar-refractivity contribution in [2.24, 2.45) is 0 Å². The molecule has 1 N–H and O–H groups in total. The van der Waals surface area contributed by atoms with Gasteiger partial charge in [0.25, 0.3) is 0 Å². The Morgan fingerprint density at radius 3 is 2.36 bits per heavy atom. The number of benzene rings is 2. The Morgan fingerprint density at radius 1 is 1.09 bits per heavy atom. The van der Waals surface area contributed by atoms with E-state index in [-0.39, 0.29) is 11.7 Å². The number of hydrogen-bond donors (Lipinski definition) is 1. The van der Waals surface area contributed by atoms with Gasteiger partial charge in [0, 0.05) is 17.8 Å². The number of aromatic nitrogens is 3. The molecule has 3 aromatic rings. The minimum absolute atomic E-state index is 0.116. The van der Waals surface area contributed by atoms with Gasteiger partial charge < -0.3 is 19.5 Å². The molecule has 9 heteroatoms. The number of allylic oxidation sites excluding steroid dienone is 1. The summed E-state index contributed by atoms with van der Waals surface area (Å²) < 4.78 is 18.2. The van der Waals surface area contributed by atoms with E-state index in [0.29, 0.717) is 34.8 Å². The number of rotatable bonds is 10. The summed E-state index contributed by atoms with van der Waals surface area (Å²) in [5.41, 5.74) is 3.71. The molecule has 0 bridgehead atoms. The van der Waals surface area contributed by atoms with Crippen molar-refractivity contribution in [2.75, 3.05) is 32.4 Å². The smallest absolute Gasteiger partial charge is 0.234 e. The molecule has 0 saturated carbocycles. The second-order valence-electron chi connectivity index (χ2n) is 7.27. The van der Waals surface area contributed by atoms with Gasteiger partial charge >= 0.3 is 0 Å². The third-order valence-electron chi connectivity index (χ3n) is 4.94. The van der Waals surface area contributed by atoms with Crippen molar-refractivity contribution in [1.29, 1.82) is 0 Å². The summed E-state index contributed by atoms with van der Waals surface area (Å²) in [7, 11) is 4.68. The molecule has 0 spiro atoms. The highest BCUT2D eigenvalue weighted by Crippen LogP contribution is 2.41. The first-order chi connectivity index (χ1) is 15.9. The van der Waals surface area contributed by atoms with E-state index in [4.69, 9.17) is 14.2 Å². The van der Waals surface area contributed by atoms with Gasteiger partial charge in [-0.05, 0) is 37.6 Å². The van der Waals surface area contributed by atoms with Gasteiger partial charge in [0.15, 0.2) is 22.5 Å². The van der Waals surface area contributed by atoms with Gasteiger partial charge in [-0.1, -0.05) is 35.5 Å². The SMILES string of the molecule is C=CCn1c(SCC(=O)Nc2ccc(C)cc2C)nnc1-c1cc(OC)c(OC)c(OC)c1. The molecular weight excluding hydrogens is 440 g/mol. The lowest BCUT2D eigenvalue weighted by Gasteiger charge is -2.14. The highest BCUT2D eigenvalue weighted by Gasteiger charge is 2.20. The molecule has 1 aromatic heterocycles. The molecule has 8 nitrogen and oxygen atoms in total. The van der Waals surface area contributed by atoms with Crippen LogP contribution in [0.4, 0.5) is 5.69 Å². The number of carbonyl (C=O) groups is 1. The lowest BCUT2D eigenvalue weighted by atomic mass is 10.1. The molecular formula is C24H28N4O4S. The van der Waals surface area contributed by atoms with Crippen LogP contribution in [-0.4, -0.2) is 47.8 Å². The molecule has 0 aliphatic carbocycles. The van der Waals surface area contributed by atoms with E-state index >= 15 is 0 Å². The number of carbonyl (C=O) groups excluding carboxylic acids is 1. The first-order valence-electron chi connectivity index (χ1n) is 10.3. The van der Waals surface area contributed by atoms with Crippen LogP contribution in [0.25, 0.3) is 11.4 Å². The van der Waals surface area contributed by atoms with Gasteiger partial charge in [0.1, 0.15) is 0 Å². The summed E-state index contributed by atoms with van der Waals surface area (Å²) in [6, 6.07) is 9.54. The van der Waals surface area contributed by atoms with Gasteiger partial charge in [-0.25, -0.2) is 0 Å². The zero-order chi connectivity index (χ0) is 24.0. The predicted molar refractivity (Wildman–Crippen MR) is 131 cm³/mol. The lowest BCUT2D eigenvalue weighted by molar-refractivity contribution is -0.113. The van der Waals surface area contributed by atoms with E-state index in [1.165, 1.54) is 11.8 Å². The number of anilines is 1. The molecule has 174 valence electrons. The Kier molecular flexibility index (Phi) is 8.00. The average molecular weight is 469 g/mol. The maximum Gasteiger partial charge on any atom is 0.234 e. The predicted octanol–water partition coefficient (Wildman–Crippen LogP) is 4.50. The number of thioether (sulfide) groups is 1. The lowest BCUT2D eigenvalue weighted by Crippen LogP contribution is -2.15. The second kappa shape index (κ2) is 10.9. The summed E-state index contributed by atoms with van der Waals surface area (Å²) in [6.45, 7) is 8.30. The van der Waals surface area contributed by atoms with Crippen LogP contribution in [0.3, 0.4) is 0 Å². The van der Waals surface area contributed by atoms with Crippen LogP contribution in [0.1, 0.15) is 11.1 Å². The van der Waals surface area contributed by atoms with E-state index < -0.39 is 0 Å². The quantitative estimate of drug-likeness (QED) is 0.346. The van der Waals surface area contributed by atoms with Gasteiger partial charge in [0.2, 0.25) is 11.7 Å². The third-order valence-corrected chi connectivity index (χ3v) is 5.91. The monoisotopic (exact) mass is 468 g/mol. The minimum Gasteiger partial charge on any atom is -0.493 e.